The molecule has 0 unspecified atom stereocenters. The molecule has 0 saturated heterocycles. The third kappa shape index (κ3) is 5.45. The maximum Gasteiger partial charge on any atom is 0.273 e. The number of carbonyl (C=O) groups excluding carboxylic acids is 2. The van der Waals surface area contributed by atoms with Gasteiger partial charge in [0.2, 0.25) is 0 Å². The zero-order valence-electron chi connectivity index (χ0n) is 17.0. The Morgan fingerprint density at radius 2 is 1.39 bits per heavy atom. The van der Waals surface area contributed by atoms with Crippen molar-refractivity contribution in [3.05, 3.63) is 93.5 Å². The number of ether oxygens (including phenoxy) is 1. The number of hydrogen-bond acceptors (Lipinski definition) is 5. The molecule has 0 fully saturated rings. The van der Waals surface area contributed by atoms with Crippen LogP contribution in [0.25, 0.3) is 0 Å². The molecule has 0 saturated carbocycles. The minimum absolute atomic E-state index is 0.117. The third-order valence-corrected chi connectivity index (χ3v) is 4.50. The Balaban J connectivity index is 1.64. The number of nitrogens with zero attached hydrogens (tertiary/aromatic N) is 1. The van der Waals surface area contributed by atoms with E-state index in [0.717, 1.165) is 5.75 Å². The molecular formula is C23H21N3O5. The van der Waals surface area contributed by atoms with Gasteiger partial charge in [-0.15, -0.1) is 0 Å². The van der Waals surface area contributed by atoms with Crippen LogP contribution in [0, 0.1) is 17.0 Å². The van der Waals surface area contributed by atoms with E-state index in [9.17, 15) is 19.7 Å². The molecule has 0 aromatic heterocycles. The zero-order valence-corrected chi connectivity index (χ0v) is 17.0. The van der Waals surface area contributed by atoms with Gasteiger partial charge in [0.05, 0.1) is 11.5 Å². The Morgan fingerprint density at radius 1 is 0.871 bits per heavy atom. The molecular weight excluding hydrogens is 398 g/mol. The smallest absolute Gasteiger partial charge is 0.273 e. The van der Waals surface area contributed by atoms with E-state index in [-0.39, 0.29) is 17.2 Å². The van der Waals surface area contributed by atoms with Gasteiger partial charge in [0.15, 0.2) is 0 Å². The molecule has 8 heteroatoms. The van der Waals surface area contributed by atoms with Crippen LogP contribution >= 0.6 is 0 Å². The van der Waals surface area contributed by atoms with E-state index in [2.05, 4.69) is 10.6 Å². The third-order valence-electron chi connectivity index (χ3n) is 4.50. The van der Waals surface area contributed by atoms with Gasteiger partial charge >= 0.3 is 0 Å². The largest absolute Gasteiger partial charge is 0.494 e. The number of nitrogens with one attached hydrogen (secondary N) is 2. The highest BCUT2D eigenvalue weighted by molar-refractivity contribution is 6.06. The van der Waals surface area contributed by atoms with Crippen LogP contribution in [0.1, 0.15) is 33.2 Å². The van der Waals surface area contributed by atoms with E-state index < -0.39 is 10.8 Å². The minimum atomic E-state index is -0.524. The maximum absolute atomic E-state index is 12.4. The number of nitro groups is 1. The molecule has 3 aromatic carbocycles. The summed E-state index contributed by atoms with van der Waals surface area (Å²) in [6.45, 7) is 4.07. The lowest BCUT2D eigenvalue weighted by atomic mass is 10.1. The van der Waals surface area contributed by atoms with Gasteiger partial charge in [-0.1, -0.05) is 6.07 Å². The fourth-order valence-electron chi connectivity index (χ4n) is 2.86. The average Bonchev–Trinajstić information content (AvgIpc) is 2.76. The number of benzene rings is 3. The van der Waals surface area contributed by atoms with Crippen molar-refractivity contribution in [2.75, 3.05) is 17.2 Å². The monoisotopic (exact) mass is 419 g/mol. The van der Waals surface area contributed by atoms with Gasteiger partial charge in [0.1, 0.15) is 5.75 Å². The van der Waals surface area contributed by atoms with Crippen LogP contribution in [-0.2, 0) is 0 Å². The molecule has 3 rings (SSSR count). The summed E-state index contributed by atoms with van der Waals surface area (Å²) in [4.78, 5) is 35.4. The highest BCUT2D eigenvalue weighted by Crippen LogP contribution is 2.21. The molecule has 31 heavy (non-hydrogen) atoms. The highest BCUT2D eigenvalue weighted by atomic mass is 16.6. The first-order valence-electron chi connectivity index (χ1n) is 9.58. The van der Waals surface area contributed by atoms with E-state index in [1.165, 1.54) is 18.2 Å². The lowest BCUT2D eigenvalue weighted by Crippen LogP contribution is -2.14. The highest BCUT2D eigenvalue weighted by Gasteiger charge is 2.15. The number of hydrogen-bond donors (Lipinski definition) is 2. The van der Waals surface area contributed by atoms with Crippen molar-refractivity contribution in [1.82, 2.24) is 0 Å². The summed E-state index contributed by atoms with van der Waals surface area (Å²) in [5.41, 5.74) is 2.04. The molecule has 0 aliphatic carbocycles. The van der Waals surface area contributed by atoms with Crippen molar-refractivity contribution in [2.24, 2.45) is 0 Å². The lowest BCUT2D eigenvalue weighted by molar-refractivity contribution is -0.385. The van der Waals surface area contributed by atoms with E-state index in [1.807, 2.05) is 6.92 Å². The quantitative estimate of drug-likeness (QED) is 0.422. The van der Waals surface area contributed by atoms with Crippen molar-refractivity contribution >= 4 is 28.9 Å². The van der Waals surface area contributed by atoms with Crippen LogP contribution < -0.4 is 15.4 Å². The number of amides is 2. The Labute approximate surface area is 179 Å². The number of nitro benzene ring substituents is 1. The molecule has 0 radical (unpaired) electrons. The summed E-state index contributed by atoms with van der Waals surface area (Å²) < 4.78 is 5.37. The molecule has 0 atom stereocenters. The molecule has 158 valence electrons. The average molecular weight is 419 g/mol. The number of aryl methyl sites for hydroxylation is 1. The van der Waals surface area contributed by atoms with Gasteiger partial charge in [0.25, 0.3) is 17.5 Å². The fraction of sp³-hybridized carbons (Fsp3) is 0.130. The van der Waals surface area contributed by atoms with E-state index in [0.29, 0.717) is 29.1 Å². The number of carbonyl (C=O) groups is 2. The molecule has 0 aliphatic heterocycles. The standard InChI is InChI=1S/C23H21N3O5/c1-3-31-20-12-10-19(11-13-20)24-22(27)16-6-8-18(9-7-16)25-23(28)17-5-4-15(2)21(14-17)26(29)30/h4-14H,3H2,1-2H3,(H,24,27)(H,25,28). The molecule has 2 amide bonds. The summed E-state index contributed by atoms with van der Waals surface area (Å²) in [6, 6.07) is 17.7. The van der Waals surface area contributed by atoms with E-state index >= 15 is 0 Å². The van der Waals surface area contributed by atoms with Crippen molar-refractivity contribution < 1.29 is 19.2 Å². The van der Waals surface area contributed by atoms with E-state index in [1.54, 1.807) is 55.5 Å². The molecule has 0 heterocycles. The van der Waals surface area contributed by atoms with Crippen LogP contribution in [-0.4, -0.2) is 23.3 Å². The Bertz CT molecular complexity index is 1110. The normalized spacial score (nSPS) is 10.3. The lowest BCUT2D eigenvalue weighted by Gasteiger charge is -2.09. The molecule has 2 N–H and O–H groups in total. The summed E-state index contributed by atoms with van der Waals surface area (Å²) >= 11 is 0. The summed E-state index contributed by atoms with van der Waals surface area (Å²) in [7, 11) is 0. The maximum atomic E-state index is 12.4. The van der Waals surface area contributed by atoms with E-state index in [4.69, 9.17) is 4.74 Å². The predicted octanol–water partition coefficient (Wildman–Crippen LogP) is 4.81. The first-order chi connectivity index (χ1) is 14.9. The Hall–Kier alpha value is -4.20. The first kappa shape index (κ1) is 21.5. The number of rotatable bonds is 7. The van der Waals surface area contributed by atoms with Crippen LogP contribution in [0.5, 0.6) is 5.75 Å². The van der Waals surface area contributed by atoms with Crippen LogP contribution in [0.3, 0.4) is 0 Å². The number of anilines is 2. The summed E-state index contributed by atoms with van der Waals surface area (Å²) in [6.07, 6.45) is 0. The van der Waals surface area contributed by atoms with Crippen molar-refractivity contribution in [3.8, 4) is 5.75 Å². The Morgan fingerprint density at radius 3 is 1.94 bits per heavy atom. The van der Waals surface area contributed by atoms with Crippen molar-refractivity contribution in [2.45, 2.75) is 13.8 Å². The molecule has 3 aromatic rings. The topological polar surface area (TPSA) is 111 Å². The summed E-state index contributed by atoms with van der Waals surface area (Å²) in [5.74, 6) is -0.0506. The second kappa shape index (κ2) is 9.53. The van der Waals surface area contributed by atoms with Crippen LogP contribution in [0.15, 0.2) is 66.7 Å². The molecule has 0 aliphatic rings. The summed E-state index contributed by atoms with van der Waals surface area (Å²) in [5, 5.41) is 16.5. The zero-order chi connectivity index (χ0) is 22.4. The van der Waals surface area contributed by atoms with Crippen molar-refractivity contribution in [3.63, 3.8) is 0 Å². The van der Waals surface area contributed by atoms with Gasteiger partial charge in [-0.05, 0) is 68.4 Å². The molecule has 0 spiro atoms. The predicted molar refractivity (Wildman–Crippen MR) is 118 cm³/mol. The van der Waals surface area contributed by atoms with Gasteiger partial charge in [-0.25, -0.2) is 0 Å². The SMILES string of the molecule is CCOc1ccc(NC(=O)c2ccc(NC(=O)c3ccc(C)c([N+](=O)[O-])c3)cc2)cc1. The van der Waals surface area contributed by atoms with Crippen LogP contribution in [0.4, 0.5) is 17.1 Å². The van der Waals surface area contributed by atoms with Crippen LogP contribution in [0.2, 0.25) is 0 Å². The van der Waals surface area contributed by atoms with Gasteiger partial charge in [-0.3, -0.25) is 19.7 Å². The minimum Gasteiger partial charge on any atom is -0.494 e. The van der Waals surface area contributed by atoms with Gasteiger partial charge < -0.3 is 15.4 Å². The molecule has 0 bridgehead atoms. The second-order valence-electron chi connectivity index (χ2n) is 6.70. The van der Waals surface area contributed by atoms with Gasteiger partial charge in [0, 0.05) is 34.1 Å². The Kier molecular flexibility index (Phi) is 6.61. The first-order valence-corrected chi connectivity index (χ1v) is 9.58. The molecule has 8 nitrogen and oxygen atoms in total. The fourth-order valence-corrected chi connectivity index (χ4v) is 2.86. The van der Waals surface area contributed by atoms with Gasteiger partial charge in [-0.2, -0.15) is 0 Å². The van der Waals surface area contributed by atoms with Crippen molar-refractivity contribution in [1.29, 1.82) is 0 Å². The second-order valence-corrected chi connectivity index (χ2v) is 6.70.